The highest BCUT2D eigenvalue weighted by Gasteiger charge is 2.01. The van der Waals surface area contributed by atoms with Crippen LogP contribution in [0.4, 0.5) is 5.69 Å². The van der Waals surface area contributed by atoms with Crippen LogP contribution in [0.15, 0.2) is 24.3 Å². The van der Waals surface area contributed by atoms with E-state index in [1.165, 1.54) is 6.92 Å². The van der Waals surface area contributed by atoms with Crippen LogP contribution in [-0.4, -0.2) is 17.6 Å². The Hall–Kier alpha value is -1.62. The van der Waals surface area contributed by atoms with Crippen molar-refractivity contribution in [3.63, 3.8) is 0 Å². The Kier molecular flexibility index (Phi) is 5.58. The lowest BCUT2D eigenvalue weighted by Crippen LogP contribution is -2.32. The second kappa shape index (κ2) is 6.96. The highest BCUT2D eigenvalue weighted by molar-refractivity contribution is 7.80. The van der Waals surface area contributed by atoms with Gasteiger partial charge in [0.15, 0.2) is 5.11 Å². The molecule has 0 saturated carbocycles. The van der Waals surface area contributed by atoms with Crippen molar-refractivity contribution in [3.05, 3.63) is 24.3 Å². The van der Waals surface area contributed by atoms with Gasteiger partial charge in [-0.1, -0.05) is 13.8 Å². The van der Waals surface area contributed by atoms with Gasteiger partial charge in [-0.05, 0) is 42.4 Å². The van der Waals surface area contributed by atoms with Gasteiger partial charge in [-0.2, -0.15) is 0 Å². The first kappa shape index (κ1) is 14.4. The molecule has 0 atom stereocenters. The third-order valence-electron chi connectivity index (χ3n) is 1.99. The number of benzene rings is 1. The van der Waals surface area contributed by atoms with Crippen LogP contribution >= 0.6 is 12.2 Å². The van der Waals surface area contributed by atoms with Crippen molar-refractivity contribution in [1.82, 2.24) is 5.32 Å². The molecule has 0 aliphatic rings. The lowest BCUT2D eigenvalue weighted by molar-refractivity contribution is -0.117. The molecule has 1 aromatic rings. The summed E-state index contributed by atoms with van der Waals surface area (Å²) in [5.41, 5.74) is 0.811. The molecule has 0 aliphatic heterocycles. The molecular weight excluding hydrogens is 248 g/mol. The van der Waals surface area contributed by atoms with Gasteiger partial charge in [0, 0.05) is 12.6 Å². The zero-order valence-corrected chi connectivity index (χ0v) is 11.6. The summed E-state index contributed by atoms with van der Waals surface area (Å²) in [6.45, 7) is 6.30. The summed E-state index contributed by atoms with van der Waals surface area (Å²) in [6.07, 6.45) is 0. The summed E-state index contributed by atoms with van der Waals surface area (Å²) in [5, 5.41) is 5.70. The molecule has 2 N–H and O–H groups in total. The van der Waals surface area contributed by atoms with Gasteiger partial charge in [0.2, 0.25) is 5.91 Å². The summed E-state index contributed by atoms with van der Waals surface area (Å²) in [6, 6.07) is 7.43. The van der Waals surface area contributed by atoms with E-state index in [4.69, 9.17) is 17.0 Å². The Labute approximate surface area is 113 Å². The number of nitrogens with one attached hydrogen (secondary N) is 2. The second-order valence-corrected chi connectivity index (χ2v) is 4.77. The van der Waals surface area contributed by atoms with Crippen LogP contribution < -0.4 is 15.4 Å². The number of rotatable bonds is 4. The molecule has 0 radical (unpaired) electrons. The van der Waals surface area contributed by atoms with Crippen LogP contribution in [-0.2, 0) is 4.79 Å². The van der Waals surface area contributed by atoms with E-state index in [-0.39, 0.29) is 5.91 Å². The molecule has 0 aromatic heterocycles. The average molecular weight is 266 g/mol. The van der Waals surface area contributed by atoms with Gasteiger partial charge < -0.3 is 15.4 Å². The maximum atomic E-state index is 10.8. The summed E-state index contributed by atoms with van der Waals surface area (Å²) in [4.78, 5) is 10.8. The van der Waals surface area contributed by atoms with E-state index in [1.54, 1.807) is 0 Å². The van der Waals surface area contributed by atoms with Gasteiger partial charge >= 0.3 is 0 Å². The Balaban J connectivity index is 2.49. The van der Waals surface area contributed by atoms with Gasteiger partial charge in [0.1, 0.15) is 5.75 Å². The summed E-state index contributed by atoms with van der Waals surface area (Å²) < 4.78 is 5.56. The van der Waals surface area contributed by atoms with Gasteiger partial charge in [-0.25, -0.2) is 0 Å². The van der Waals surface area contributed by atoms with Gasteiger partial charge in [-0.3, -0.25) is 4.79 Å². The van der Waals surface area contributed by atoms with Gasteiger partial charge in [-0.15, -0.1) is 0 Å². The first-order valence-electron chi connectivity index (χ1n) is 5.79. The van der Waals surface area contributed by atoms with E-state index >= 15 is 0 Å². The molecule has 18 heavy (non-hydrogen) atoms. The molecular formula is C13H18N2O2S. The molecule has 5 heteroatoms. The minimum Gasteiger partial charge on any atom is -0.493 e. The normalized spacial score (nSPS) is 10.0. The maximum absolute atomic E-state index is 10.8. The molecule has 0 spiro atoms. The average Bonchev–Trinajstić information content (AvgIpc) is 2.26. The lowest BCUT2D eigenvalue weighted by atomic mass is 10.2. The van der Waals surface area contributed by atoms with E-state index in [1.807, 2.05) is 24.3 Å². The van der Waals surface area contributed by atoms with E-state index < -0.39 is 0 Å². The first-order valence-corrected chi connectivity index (χ1v) is 6.19. The molecule has 0 bridgehead atoms. The van der Waals surface area contributed by atoms with E-state index in [0.29, 0.717) is 17.6 Å². The predicted octanol–water partition coefficient (Wildman–Crippen LogP) is 2.55. The topological polar surface area (TPSA) is 50.4 Å². The van der Waals surface area contributed by atoms with Crippen LogP contribution in [0.5, 0.6) is 5.75 Å². The minimum absolute atomic E-state index is 0.190. The van der Waals surface area contributed by atoms with Crippen molar-refractivity contribution < 1.29 is 9.53 Å². The monoisotopic (exact) mass is 266 g/mol. The van der Waals surface area contributed by atoms with Crippen LogP contribution in [0.25, 0.3) is 0 Å². The smallest absolute Gasteiger partial charge is 0.222 e. The zero-order valence-electron chi connectivity index (χ0n) is 10.8. The highest BCUT2D eigenvalue weighted by atomic mass is 32.1. The van der Waals surface area contributed by atoms with Crippen LogP contribution in [0.1, 0.15) is 20.8 Å². The molecule has 0 unspecified atom stereocenters. The lowest BCUT2D eigenvalue weighted by Gasteiger charge is -2.10. The van der Waals surface area contributed by atoms with E-state index in [2.05, 4.69) is 24.5 Å². The summed E-state index contributed by atoms with van der Waals surface area (Å²) >= 11 is 4.96. The zero-order chi connectivity index (χ0) is 13.5. The van der Waals surface area contributed by atoms with Gasteiger partial charge in [0.25, 0.3) is 0 Å². The van der Waals surface area contributed by atoms with Crippen molar-refractivity contribution in [2.75, 3.05) is 11.9 Å². The Morgan fingerprint density at radius 3 is 2.44 bits per heavy atom. The highest BCUT2D eigenvalue weighted by Crippen LogP contribution is 2.16. The number of anilines is 1. The number of hydrogen-bond donors (Lipinski definition) is 2. The van der Waals surface area contributed by atoms with Crippen molar-refractivity contribution in [2.45, 2.75) is 20.8 Å². The molecule has 98 valence electrons. The maximum Gasteiger partial charge on any atom is 0.222 e. The van der Waals surface area contributed by atoms with Gasteiger partial charge in [0.05, 0.1) is 6.61 Å². The van der Waals surface area contributed by atoms with Crippen LogP contribution in [0.2, 0.25) is 0 Å². The molecule has 1 rings (SSSR count). The number of carbonyl (C=O) groups excluding carboxylic acids is 1. The summed E-state index contributed by atoms with van der Waals surface area (Å²) in [7, 11) is 0. The molecule has 1 amide bonds. The Bertz CT molecular complexity index is 416. The fourth-order valence-electron chi connectivity index (χ4n) is 1.22. The second-order valence-electron chi connectivity index (χ2n) is 4.36. The van der Waals surface area contributed by atoms with Crippen molar-refractivity contribution in [2.24, 2.45) is 5.92 Å². The molecule has 4 nitrogen and oxygen atoms in total. The first-order chi connectivity index (χ1) is 8.47. The Morgan fingerprint density at radius 1 is 1.33 bits per heavy atom. The van der Waals surface area contributed by atoms with Crippen LogP contribution in [0, 0.1) is 5.92 Å². The van der Waals surface area contributed by atoms with Crippen molar-refractivity contribution in [1.29, 1.82) is 0 Å². The quantitative estimate of drug-likeness (QED) is 0.822. The Morgan fingerprint density at radius 2 is 1.94 bits per heavy atom. The largest absolute Gasteiger partial charge is 0.493 e. The molecule has 0 fully saturated rings. The van der Waals surface area contributed by atoms with Crippen LogP contribution in [0.3, 0.4) is 0 Å². The number of hydrogen-bond acceptors (Lipinski definition) is 3. The number of ether oxygens (including phenoxy) is 1. The van der Waals surface area contributed by atoms with Crippen molar-refractivity contribution >= 4 is 28.9 Å². The fourth-order valence-corrected chi connectivity index (χ4v) is 1.48. The minimum atomic E-state index is -0.190. The number of amides is 1. The molecule has 0 aliphatic carbocycles. The molecule has 1 aromatic carbocycles. The van der Waals surface area contributed by atoms with E-state index in [9.17, 15) is 4.79 Å². The standard InChI is InChI=1S/C13H18N2O2S/c1-9(2)8-17-12-6-4-11(5-7-12)15-13(18)14-10(3)16/h4-7,9H,8H2,1-3H3,(H2,14,15,16,18). The molecule has 0 heterocycles. The third-order valence-corrected chi connectivity index (χ3v) is 2.19. The van der Waals surface area contributed by atoms with E-state index in [0.717, 1.165) is 11.4 Å². The number of thiocarbonyl (C=S) groups is 1. The third kappa shape index (κ3) is 5.63. The predicted molar refractivity (Wildman–Crippen MR) is 76.8 cm³/mol. The SMILES string of the molecule is CC(=O)NC(=S)Nc1ccc(OCC(C)C)cc1. The fraction of sp³-hybridized carbons (Fsp3) is 0.385. The summed E-state index contributed by atoms with van der Waals surface area (Å²) in [5.74, 6) is 1.12. The number of carbonyl (C=O) groups is 1. The molecule has 0 saturated heterocycles. The van der Waals surface area contributed by atoms with Crippen molar-refractivity contribution in [3.8, 4) is 5.75 Å².